The number of nitrogens with one attached hydrogen (secondary N) is 1. The zero-order valence-electron chi connectivity index (χ0n) is 22.1. The van der Waals surface area contributed by atoms with E-state index in [-0.39, 0.29) is 23.8 Å². The summed E-state index contributed by atoms with van der Waals surface area (Å²) in [7, 11) is 3.21. The second-order valence-electron chi connectivity index (χ2n) is 10.3. The van der Waals surface area contributed by atoms with Gasteiger partial charge in [-0.2, -0.15) is 0 Å². The summed E-state index contributed by atoms with van der Waals surface area (Å²) in [6.45, 7) is 1.88. The minimum Gasteiger partial charge on any atom is -0.493 e. The van der Waals surface area contributed by atoms with Crippen LogP contribution >= 0.6 is 11.6 Å². The number of halogens is 1. The van der Waals surface area contributed by atoms with Crippen LogP contribution in [0.1, 0.15) is 74.8 Å². The van der Waals surface area contributed by atoms with E-state index in [9.17, 15) is 9.59 Å². The monoisotopic (exact) mass is 535 g/mol. The molecule has 5 rings (SSSR count). The topological polar surface area (TPSA) is 73.9 Å². The summed E-state index contributed by atoms with van der Waals surface area (Å²) >= 11 is 6.68. The van der Waals surface area contributed by atoms with Gasteiger partial charge in [-0.15, -0.1) is 0 Å². The number of ketones is 1. The van der Waals surface area contributed by atoms with Crippen LogP contribution in [0.15, 0.2) is 65.0 Å². The number of benzene rings is 2. The summed E-state index contributed by atoms with van der Waals surface area (Å²) in [5, 5.41) is 3.95. The van der Waals surface area contributed by atoms with Crippen LogP contribution in [0.5, 0.6) is 11.5 Å². The lowest BCUT2D eigenvalue weighted by Crippen LogP contribution is -2.37. The van der Waals surface area contributed by atoms with Crippen LogP contribution in [0.2, 0.25) is 5.02 Å². The fourth-order valence-corrected chi connectivity index (χ4v) is 6.31. The third-order valence-electron chi connectivity index (χ3n) is 7.97. The highest BCUT2D eigenvalue weighted by molar-refractivity contribution is 6.31. The van der Waals surface area contributed by atoms with Crippen LogP contribution in [-0.4, -0.2) is 32.1 Å². The van der Waals surface area contributed by atoms with Crippen molar-refractivity contribution in [2.75, 3.05) is 14.2 Å². The van der Waals surface area contributed by atoms with Gasteiger partial charge < -0.3 is 19.5 Å². The average Bonchev–Trinajstić information content (AvgIpc) is 2.92. The first-order chi connectivity index (χ1) is 18.4. The molecule has 0 amide bonds. The molecule has 0 spiro atoms. The van der Waals surface area contributed by atoms with Crippen molar-refractivity contribution in [1.82, 2.24) is 5.32 Å². The van der Waals surface area contributed by atoms with Crippen LogP contribution in [0, 0.1) is 0 Å². The maximum Gasteiger partial charge on any atom is 0.337 e. The Morgan fingerprint density at radius 3 is 2.42 bits per heavy atom. The summed E-state index contributed by atoms with van der Waals surface area (Å²) in [6, 6.07) is 13.2. The molecule has 6 nitrogen and oxygen atoms in total. The first-order valence-electron chi connectivity index (χ1n) is 13.3. The Bertz CT molecular complexity index is 1310. The summed E-state index contributed by atoms with van der Waals surface area (Å²) in [5.41, 5.74) is 4.36. The molecule has 3 aliphatic rings. The van der Waals surface area contributed by atoms with Gasteiger partial charge in [-0.25, -0.2) is 4.79 Å². The predicted molar refractivity (Wildman–Crippen MR) is 147 cm³/mol. The molecule has 0 aromatic heterocycles. The number of methoxy groups -OCH3 is 2. The van der Waals surface area contributed by atoms with Crippen molar-refractivity contribution in [2.24, 2.45) is 0 Å². The molecule has 2 aliphatic carbocycles. The predicted octanol–water partition coefficient (Wildman–Crippen LogP) is 6.59. The first kappa shape index (κ1) is 26.4. The number of dihydropyridines is 1. The number of allylic oxidation sites excluding steroid dienone is 3. The highest BCUT2D eigenvalue weighted by atomic mass is 35.5. The normalized spacial score (nSPS) is 22.1. The summed E-state index contributed by atoms with van der Waals surface area (Å²) < 4.78 is 16.9. The lowest BCUT2D eigenvalue weighted by atomic mass is 9.71. The number of hydrogen-bond acceptors (Lipinski definition) is 6. The van der Waals surface area contributed by atoms with Crippen molar-refractivity contribution in [2.45, 2.75) is 69.8 Å². The largest absolute Gasteiger partial charge is 0.493 e. The molecule has 1 aliphatic heterocycles. The molecule has 200 valence electrons. The minimum absolute atomic E-state index is 0.000999. The van der Waals surface area contributed by atoms with Gasteiger partial charge in [0.2, 0.25) is 0 Å². The molecule has 1 saturated carbocycles. The van der Waals surface area contributed by atoms with Crippen LogP contribution in [0.25, 0.3) is 0 Å². The Morgan fingerprint density at radius 1 is 0.974 bits per heavy atom. The van der Waals surface area contributed by atoms with E-state index in [1.54, 1.807) is 20.3 Å². The van der Waals surface area contributed by atoms with E-state index >= 15 is 0 Å². The maximum atomic E-state index is 13.9. The van der Waals surface area contributed by atoms with Gasteiger partial charge in [-0.3, -0.25) is 4.79 Å². The van der Waals surface area contributed by atoms with Gasteiger partial charge in [0.15, 0.2) is 17.3 Å². The number of rotatable bonds is 6. The first-order valence-corrected chi connectivity index (χ1v) is 13.7. The van der Waals surface area contributed by atoms with Gasteiger partial charge >= 0.3 is 5.97 Å². The highest BCUT2D eigenvalue weighted by Gasteiger charge is 2.42. The zero-order chi connectivity index (χ0) is 26.8. The van der Waals surface area contributed by atoms with Crippen molar-refractivity contribution in [3.05, 3.63) is 81.2 Å². The number of Topliss-reactive ketones (excluding diaryl/α,β-unsaturated/α-hetero) is 1. The molecule has 0 bridgehead atoms. The lowest BCUT2D eigenvalue weighted by Gasteiger charge is -2.37. The molecule has 1 fully saturated rings. The molecule has 1 heterocycles. The van der Waals surface area contributed by atoms with Crippen molar-refractivity contribution in [3.8, 4) is 11.5 Å². The Labute approximate surface area is 229 Å². The summed E-state index contributed by atoms with van der Waals surface area (Å²) in [6.07, 6.45) is 5.91. The number of carbonyl (C=O) groups is 2. The minimum atomic E-state index is -0.574. The molecule has 0 saturated heterocycles. The van der Waals surface area contributed by atoms with Crippen molar-refractivity contribution < 1.29 is 23.8 Å². The summed E-state index contributed by atoms with van der Waals surface area (Å²) in [5.74, 6) is 0.297. The zero-order valence-corrected chi connectivity index (χ0v) is 22.9. The third kappa shape index (κ3) is 5.06. The van der Waals surface area contributed by atoms with Crippen molar-refractivity contribution >= 4 is 23.4 Å². The maximum absolute atomic E-state index is 13.9. The van der Waals surface area contributed by atoms with Gasteiger partial charge in [0.1, 0.15) is 6.10 Å². The van der Waals surface area contributed by atoms with E-state index in [0.717, 1.165) is 42.5 Å². The lowest BCUT2D eigenvalue weighted by molar-refractivity contribution is -0.146. The summed E-state index contributed by atoms with van der Waals surface area (Å²) in [4.78, 5) is 27.5. The second-order valence-corrected chi connectivity index (χ2v) is 10.7. The molecule has 2 aromatic rings. The van der Waals surface area contributed by atoms with Gasteiger partial charge in [0.05, 0.1) is 19.8 Å². The number of ether oxygens (including phenoxy) is 3. The van der Waals surface area contributed by atoms with Gasteiger partial charge in [0, 0.05) is 34.3 Å². The van der Waals surface area contributed by atoms with E-state index < -0.39 is 5.92 Å². The van der Waals surface area contributed by atoms with E-state index in [1.807, 2.05) is 43.3 Å². The SMILES string of the molecule is COc1ccc([C@@H]2CC(=O)C3=C(C2)NC(C)=C(C(=O)OC2CCCCC2)[C@H]3c2ccccc2Cl)cc1OC. The van der Waals surface area contributed by atoms with Gasteiger partial charge in [0.25, 0.3) is 0 Å². The smallest absolute Gasteiger partial charge is 0.337 e. The molecular formula is C31H34ClNO5. The van der Waals surface area contributed by atoms with Crippen LogP contribution in [0.4, 0.5) is 0 Å². The molecule has 38 heavy (non-hydrogen) atoms. The van der Waals surface area contributed by atoms with E-state index in [2.05, 4.69) is 5.32 Å². The van der Waals surface area contributed by atoms with Gasteiger partial charge in [-0.1, -0.05) is 42.3 Å². The van der Waals surface area contributed by atoms with Crippen molar-refractivity contribution in [1.29, 1.82) is 0 Å². The third-order valence-corrected chi connectivity index (χ3v) is 8.31. The van der Waals surface area contributed by atoms with E-state index in [4.69, 9.17) is 25.8 Å². The average molecular weight is 536 g/mol. The van der Waals surface area contributed by atoms with Crippen LogP contribution < -0.4 is 14.8 Å². The second kappa shape index (κ2) is 11.2. The standard InChI is InChI=1S/C31H34ClNO5/c1-18-28(31(35)38-21-9-5-4-6-10-21)29(22-11-7-8-12-23(22)32)30-24(33-18)15-20(16-25(30)34)19-13-14-26(36-2)27(17-19)37-3/h7-8,11-14,17,20-21,29,33H,4-6,9-10,15-16H2,1-3H3/t20-,29+/m0/s1. The molecule has 2 aromatic carbocycles. The fraction of sp³-hybridized carbons (Fsp3) is 0.419. The molecule has 1 N–H and O–H groups in total. The Balaban J connectivity index is 1.52. The molecule has 0 unspecified atom stereocenters. The Kier molecular flexibility index (Phi) is 7.80. The van der Waals surface area contributed by atoms with Crippen molar-refractivity contribution in [3.63, 3.8) is 0 Å². The molecular weight excluding hydrogens is 502 g/mol. The number of esters is 1. The van der Waals surface area contributed by atoms with E-state index in [1.165, 1.54) is 6.42 Å². The van der Waals surface area contributed by atoms with E-state index in [0.29, 0.717) is 46.2 Å². The Hall–Kier alpha value is -3.25. The molecule has 0 radical (unpaired) electrons. The molecule has 7 heteroatoms. The van der Waals surface area contributed by atoms with Crippen LogP contribution in [0.3, 0.4) is 0 Å². The fourth-order valence-electron chi connectivity index (χ4n) is 6.07. The number of hydrogen-bond donors (Lipinski definition) is 1. The number of carbonyl (C=O) groups excluding carboxylic acids is 2. The van der Waals surface area contributed by atoms with Gasteiger partial charge in [-0.05, 0) is 74.3 Å². The highest BCUT2D eigenvalue weighted by Crippen LogP contribution is 2.48. The van der Waals surface area contributed by atoms with Crippen LogP contribution in [-0.2, 0) is 14.3 Å². The quantitative estimate of drug-likeness (QED) is 0.420. The molecule has 2 atom stereocenters. The Morgan fingerprint density at radius 2 is 1.71 bits per heavy atom.